The minimum atomic E-state index is 0.588. The summed E-state index contributed by atoms with van der Waals surface area (Å²) in [5.74, 6) is 0.588. The zero-order valence-electron chi connectivity index (χ0n) is 16.2. The fraction of sp³-hybridized carbons (Fsp3) is 0.350. The van der Waals surface area contributed by atoms with Crippen LogP contribution in [0, 0.1) is 6.92 Å². The number of thiazole rings is 1. The number of aromatic nitrogens is 3. The topological polar surface area (TPSA) is 78.0 Å². The first-order chi connectivity index (χ1) is 13.7. The SMILES string of the molecule is CCNc1nc(C)c(-c2ccnc(Nc3ccc(N4CCNCC4)cc3)n2)s1. The second kappa shape index (κ2) is 8.53. The van der Waals surface area contributed by atoms with Crippen molar-refractivity contribution < 1.29 is 0 Å². The Kier molecular flexibility index (Phi) is 5.68. The van der Waals surface area contributed by atoms with Crippen molar-refractivity contribution in [3.05, 3.63) is 42.2 Å². The van der Waals surface area contributed by atoms with Gasteiger partial charge in [0.05, 0.1) is 16.3 Å². The van der Waals surface area contributed by atoms with Crippen molar-refractivity contribution in [3.8, 4) is 10.6 Å². The monoisotopic (exact) mass is 395 g/mol. The average Bonchev–Trinajstić information content (AvgIpc) is 3.10. The highest BCUT2D eigenvalue weighted by atomic mass is 32.1. The average molecular weight is 396 g/mol. The zero-order chi connectivity index (χ0) is 19.3. The molecule has 28 heavy (non-hydrogen) atoms. The number of anilines is 4. The van der Waals surface area contributed by atoms with Crippen LogP contribution in [0.15, 0.2) is 36.5 Å². The molecule has 0 saturated carbocycles. The standard InChI is InChI=1S/C20H25N7S/c1-3-22-20-24-14(2)18(28-20)17-8-9-23-19(26-17)25-15-4-6-16(7-5-15)27-12-10-21-11-13-27/h4-9,21H,3,10-13H2,1-2H3,(H,22,24)(H,23,25,26). The van der Waals surface area contributed by atoms with Crippen LogP contribution < -0.4 is 20.9 Å². The van der Waals surface area contributed by atoms with Gasteiger partial charge in [0.1, 0.15) is 0 Å². The molecule has 0 bridgehead atoms. The van der Waals surface area contributed by atoms with Crippen molar-refractivity contribution in [1.29, 1.82) is 0 Å². The van der Waals surface area contributed by atoms with Crippen molar-refractivity contribution in [3.63, 3.8) is 0 Å². The molecular weight excluding hydrogens is 370 g/mol. The molecule has 0 aliphatic carbocycles. The van der Waals surface area contributed by atoms with Crippen LogP contribution in [0.5, 0.6) is 0 Å². The van der Waals surface area contributed by atoms with Crippen molar-refractivity contribution in [2.24, 2.45) is 0 Å². The number of hydrogen-bond acceptors (Lipinski definition) is 8. The third-order valence-electron chi connectivity index (χ3n) is 4.62. The largest absolute Gasteiger partial charge is 0.369 e. The van der Waals surface area contributed by atoms with E-state index in [9.17, 15) is 0 Å². The van der Waals surface area contributed by atoms with Gasteiger partial charge in [-0.3, -0.25) is 0 Å². The number of nitrogens with one attached hydrogen (secondary N) is 3. The number of hydrogen-bond donors (Lipinski definition) is 3. The van der Waals surface area contributed by atoms with E-state index >= 15 is 0 Å². The van der Waals surface area contributed by atoms with E-state index in [0.29, 0.717) is 5.95 Å². The fourth-order valence-electron chi connectivity index (χ4n) is 3.21. The van der Waals surface area contributed by atoms with E-state index in [1.165, 1.54) is 5.69 Å². The van der Waals surface area contributed by atoms with E-state index < -0.39 is 0 Å². The Hall–Kier alpha value is -2.71. The van der Waals surface area contributed by atoms with Crippen molar-refractivity contribution in [2.45, 2.75) is 13.8 Å². The van der Waals surface area contributed by atoms with Crippen LogP contribution in [0.1, 0.15) is 12.6 Å². The molecule has 7 nitrogen and oxygen atoms in total. The van der Waals surface area contributed by atoms with Crippen molar-refractivity contribution in [1.82, 2.24) is 20.3 Å². The second-order valence-electron chi connectivity index (χ2n) is 6.64. The van der Waals surface area contributed by atoms with Gasteiger partial charge in [0.15, 0.2) is 5.13 Å². The van der Waals surface area contributed by atoms with Crippen LogP contribution in [-0.2, 0) is 0 Å². The Morgan fingerprint density at radius 3 is 2.64 bits per heavy atom. The Morgan fingerprint density at radius 1 is 1.11 bits per heavy atom. The van der Waals surface area contributed by atoms with Crippen molar-refractivity contribution >= 4 is 33.8 Å². The molecule has 1 saturated heterocycles. The molecule has 1 aliphatic heterocycles. The van der Waals surface area contributed by atoms with E-state index in [0.717, 1.165) is 59.8 Å². The summed E-state index contributed by atoms with van der Waals surface area (Å²) < 4.78 is 0. The summed E-state index contributed by atoms with van der Waals surface area (Å²) in [6.07, 6.45) is 1.78. The van der Waals surface area contributed by atoms with Gasteiger partial charge in [-0.1, -0.05) is 11.3 Å². The van der Waals surface area contributed by atoms with Gasteiger partial charge < -0.3 is 20.9 Å². The Labute approximate surface area is 169 Å². The highest BCUT2D eigenvalue weighted by molar-refractivity contribution is 7.19. The number of nitrogens with zero attached hydrogens (tertiary/aromatic N) is 4. The molecule has 2 aromatic heterocycles. The molecule has 0 unspecified atom stereocenters. The normalized spacial score (nSPS) is 14.1. The van der Waals surface area contributed by atoms with Gasteiger partial charge in [-0.15, -0.1) is 0 Å². The summed E-state index contributed by atoms with van der Waals surface area (Å²) in [5.41, 5.74) is 4.09. The molecule has 4 rings (SSSR count). The number of piperazine rings is 1. The molecule has 1 aromatic carbocycles. The smallest absolute Gasteiger partial charge is 0.227 e. The molecule has 146 valence electrons. The van der Waals surface area contributed by atoms with Crippen LogP contribution in [0.2, 0.25) is 0 Å². The molecule has 1 fully saturated rings. The zero-order valence-corrected chi connectivity index (χ0v) is 17.0. The highest BCUT2D eigenvalue weighted by Crippen LogP contribution is 2.32. The lowest BCUT2D eigenvalue weighted by atomic mass is 10.2. The third kappa shape index (κ3) is 4.23. The number of rotatable bonds is 6. The fourth-order valence-corrected chi connectivity index (χ4v) is 4.22. The molecule has 3 aromatic rings. The third-order valence-corrected chi connectivity index (χ3v) is 5.76. The molecule has 1 aliphatic rings. The molecule has 8 heteroatoms. The van der Waals surface area contributed by atoms with Gasteiger partial charge in [-0.05, 0) is 44.2 Å². The summed E-state index contributed by atoms with van der Waals surface area (Å²) in [7, 11) is 0. The van der Waals surface area contributed by atoms with Crippen LogP contribution in [-0.4, -0.2) is 47.7 Å². The summed E-state index contributed by atoms with van der Waals surface area (Å²) in [6.45, 7) is 9.09. The minimum Gasteiger partial charge on any atom is -0.369 e. The van der Waals surface area contributed by atoms with Gasteiger partial charge in [0.2, 0.25) is 5.95 Å². The molecule has 3 heterocycles. The summed E-state index contributed by atoms with van der Waals surface area (Å²) >= 11 is 1.62. The maximum atomic E-state index is 4.69. The first kappa shape index (κ1) is 18.6. The molecular formula is C20H25N7S. The van der Waals surface area contributed by atoms with E-state index in [2.05, 4.69) is 67.0 Å². The lowest BCUT2D eigenvalue weighted by molar-refractivity contribution is 0.589. The van der Waals surface area contributed by atoms with Crippen LogP contribution >= 0.6 is 11.3 Å². The molecule has 0 atom stereocenters. The predicted octanol–water partition coefficient (Wildman–Crippen LogP) is 3.49. The lowest BCUT2D eigenvalue weighted by Crippen LogP contribution is -2.43. The highest BCUT2D eigenvalue weighted by Gasteiger charge is 2.12. The minimum absolute atomic E-state index is 0.588. The molecule has 0 amide bonds. The van der Waals surface area contributed by atoms with Gasteiger partial charge >= 0.3 is 0 Å². The van der Waals surface area contributed by atoms with Crippen molar-refractivity contribution in [2.75, 3.05) is 48.3 Å². The van der Waals surface area contributed by atoms with E-state index in [1.54, 1.807) is 17.5 Å². The number of aryl methyl sites for hydroxylation is 1. The van der Waals surface area contributed by atoms with Gasteiger partial charge in [0.25, 0.3) is 0 Å². The first-order valence-corrected chi connectivity index (χ1v) is 10.4. The van der Waals surface area contributed by atoms with Crippen LogP contribution in [0.3, 0.4) is 0 Å². The lowest BCUT2D eigenvalue weighted by Gasteiger charge is -2.29. The summed E-state index contributed by atoms with van der Waals surface area (Å²) in [5, 5.41) is 10.9. The maximum Gasteiger partial charge on any atom is 0.227 e. The predicted molar refractivity (Wildman–Crippen MR) is 117 cm³/mol. The summed E-state index contributed by atoms with van der Waals surface area (Å²) in [4.78, 5) is 17.1. The van der Waals surface area contributed by atoms with Gasteiger partial charge in [-0.25, -0.2) is 15.0 Å². The van der Waals surface area contributed by atoms with E-state index in [-0.39, 0.29) is 0 Å². The van der Waals surface area contributed by atoms with Crippen LogP contribution in [0.4, 0.5) is 22.5 Å². The number of benzene rings is 1. The van der Waals surface area contributed by atoms with Gasteiger partial charge in [-0.2, -0.15) is 0 Å². The second-order valence-corrected chi connectivity index (χ2v) is 7.64. The van der Waals surface area contributed by atoms with Gasteiger partial charge in [0, 0.05) is 50.3 Å². The molecule has 3 N–H and O–H groups in total. The quantitative estimate of drug-likeness (QED) is 0.590. The van der Waals surface area contributed by atoms with Crippen LogP contribution in [0.25, 0.3) is 10.6 Å². The Morgan fingerprint density at radius 2 is 1.89 bits per heavy atom. The first-order valence-electron chi connectivity index (χ1n) is 9.60. The Balaban J connectivity index is 1.49. The molecule has 0 radical (unpaired) electrons. The maximum absolute atomic E-state index is 4.69. The Bertz CT molecular complexity index is 917. The van der Waals surface area contributed by atoms with E-state index in [4.69, 9.17) is 0 Å². The summed E-state index contributed by atoms with van der Waals surface area (Å²) in [6, 6.07) is 10.4. The van der Waals surface area contributed by atoms with E-state index in [1.807, 2.05) is 13.0 Å². The molecule has 0 spiro atoms.